The predicted molar refractivity (Wildman–Crippen MR) is 96.9 cm³/mol. The van der Waals surface area contributed by atoms with Crippen molar-refractivity contribution in [2.24, 2.45) is 4.99 Å². The average Bonchev–Trinajstić information content (AvgIpc) is 2.56. The molecule has 0 aliphatic heterocycles. The van der Waals surface area contributed by atoms with Crippen molar-refractivity contribution in [3.63, 3.8) is 0 Å². The number of carboxylic acids is 1. The molecule has 0 aliphatic carbocycles. The number of unbranched alkanes of at least 4 members (excludes halogenated alkanes) is 1. The fourth-order valence-corrected chi connectivity index (χ4v) is 2.49. The van der Waals surface area contributed by atoms with Gasteiger partial charge in [0.05, 0.1) is 0 Å². The highest BCUT2D eigenvalue weighted by Gasteiger charge is 2.25. The van der Waals surface area contributed by atoms with E-state index >= 15 is 0 Å². The molecule has 0 fully saturated rings. The fourth-order valence-electron chi connectivity index (χ4n) is 2.02. The van der Waals surface area contributed by atoms with Gasteiger partial charge in [0.25, 0.3) is 0 Å². The van der Waals surface area contributed by atoms with Crippen LogP contribution in [-0.4, -0.2) is 64.6 Å². The average molecular weight is 376 g/mol. The molecular formula is C15H28N4O5S. The second-order valence-electron chi connectivity index (χ2n) is 5.51. The Bertz CT molecular complexity index is 473. The minimum Gasteiger partial charge on any atom is -0.480 e. The van der Waals surface area contributed by atoms with Gasteiger partial charge in [0.2, 0.25) is 11.8 Å². The lowest BCUT2D eigenvalue weighted by Gasteiger charge is -2.20. The van der Waals surface area contributed by atoms with Gasteiger partial charge in [0, 0.05) is 13.5 Å². The zero-order valence-corrected chi connectivity index (χ0v) is 15.7. The number of hydrogen-bond donors (Lipinski definition) is 5. The number of carbonyl (C=O) groups is 3. The molecule has 0 heterocycles. The number of carbonyl (C=O) groups excluding carboxylic acids is 2. The van der Waals surface area contributed by atoms with E-state index in [4.69, 9.17) is 5.21 Å². The molecule has 0 radical (unpaired) electrons. The molecule has 5 N–H and O–H groups in total. The lowest BCUT2D eigenvalue weighted by molar-refractivity contribution is -0.142. The molecule has 2 amide bonds. The molecule has 0 rings (SSSR count). The summed E-state index contributed by atoms with van der Waals surface area (Å²) in [4.78, 5) is 38.8. The van der Waals surface area contributed by atoms with Gasteiger partial charge in [-0.1, -0.05) is 0 Å². The number of amidine groups is 1. The quantitative estimate of drug-likeness (QED) is 0.144. The van der Waals surface area contributed by atoms with Crippen LogP contribution < -0.4 is 16.1 Å². The van der Waals surface area contributed by atoms with E-state index in [-0.39, 0.29) is 12.3 Å². The van der Waals surface area contributed by atoms with Gasteiger partial charge in [-0.2, -0.15) is 11.8 Å². The second kappa shape index (κ2) is 13.5. The molecule has 0 aromatic heterocycles. The molecule has 2 unspecified atom stereocenters. The van der Waals surface area contributed by atoms with Crippen LogP contribution in [0.4, 0.5) is 0 Å². The van der Waals surface area contributed by atoms with Gasteiger partial charge < -0.3 is 15.7 Å². The van der Waals surface area contributed by atoms with E-state index in [1.165, 1.54) is 6.92 Å². The van der Waals surface area contributed by atoms with Crippen molar-refractivity contribution in [1.82, 2.24) is 16.1 Å². The lowest BCUT2D eigenvalue weighted by atomic mass is 10.1. The van der Waals surface area contributed by atoms with Crippen LogP contribution in [0.3, 0.4) is 0 Å². The molecule has 10 heteroatoms. The maximum atomic E-state index is 12.3. The van der Waals surface area contributed by atoms with E-state index in [9.17, 15) is 19.5 Å². The van der Waals surface area contributed by atoms with Crippen LogP contribution in [0.2, 0.25) is 0 Å². The number of nitrogens with zero attached hydrogens (tertiary/aromatic N) is 1. The van der Waals surface area contributed by atoms with Crippen LogP contribution in [0.1, 0.15) is 39.5 Å². The highest BCUT2D eigenvalue weighted by molar-refractivity contribution is 7.98. The minimum absolute atomic E-state index is 0.261. The largest absolute Gasteiger partial charge is 0.480 e. The third-order valence-electron chi connectivity index (χ3n) is 3.33. The Labute approximate surface area is 152 Å². The summed E-state index contributed by atoms with van der Waals surface area (Å²) >= 11 is 1.54. The predicted octanol–water partition coefficient (Wildman–Crippen LogP) is 0.381. The van der Waals surface area contributed by atoms with Crippen LogP contribution in [0.15, 0.2) is 4.99 Å². The first kappa shape index (κ1) is 23.2. The zero-order valence-electron chi connectivity index (χ0n) is 14.9. The fraction of sp³-hybridized carbons (Fsp3) is 0.733. The first-order valence-electron chi connectivity index (χ1n) is 8.02. The first-order valence-corrected chi connectivity index (χ1v) is 9.41. The van der Waals surface area contributed by atoms with Crippen LogP contribution >= 0.6 is 11.8 Å². The Morgan fingerprint density at radius 3 is 2.28 bits per heavy atom. The molecule has 0 spiro atoms. The van der Waals surface area contributed by atoms with Gasteiger partial charge in [-0.3, -0.25) is 25.3 Å². The van der Waals surface area contributed by atoms with Crippen molar-refractivity contribution in [3.05, 3.63) is 0 Å². The maximum absolute atomic E-state index is 12.3. The smallest absolute Gasteiger partial charge is 0.326 e. The van der Waals surface area contributed by atoms with E-state index in [1.54, 1.807) is 18.7 Å². The molecule has 9 nitrogen and oxygen atoms in total. The molecule has 0 saturated heterocycles. The summed E-state index contributed by atoms with van der Waals surface area (Å²) in [5.74, 6) is -0.882. The third-order valence-corrected chi connectivity index (χ3v) is 3.97. The van der Waals surface area contributed by atoms with Crippen molar-refractivity contribution >= 4 is 35.4 Å². The van der Waals surface area contributed by atoms with Crippen LogP contribution in [0, 0.1) is 0 Å². The van der Waals surface area contributed by atoms with E-state index in [2.05, 4.69) is 15.6 Å². The molecule has 2 atom stereocenters. The van der Waals surface area contributed by atoms with Crippen molar-refractivity contribution in [1.29, 1.82) is 0 Å². The summed E-state index contributed by atoms with van der Waals surface area (Å²) in [6.07, 6.45) is 3.76. The Kier molecular flexibility index (Phi) is 12.5. The van der Waals surface area contributed by atoms with Gasteiger partial charge in [-0.05, 0) is 44.6 Å². The summed E-state index contributed by atoms with van der Waals surface area (Å²) < 4.78 is 0. The number of nitrogens with one attached hydrogen (secondary N) is 3. The monoisotopic (exact) mass is 376 g/mol. The summed E-state index contributed by atoms with van der Waals surface area (Å²) in [5, 5.41) is 22.9. The molecule has 0 saturated carbocycles. The topological polar surface area (TPSA) is 140 Å². The maximum Gasteiger partial charge on any atom is 0.326 e. The van der Waals surface area contributed by atoms with Crippen molar-refractivity contribution in [2.45, 2.75) is 51.6 Å². The van der Waals surface area contributed by atoms with E-state index < -0.39 is 24.0 Å². The van der Waals surface area contributed by atoms with Gasteiger partial charge in [0.1, 0.15) is 17.9 Å². The number of aliphatic carboxylic acids is 1. The minimum atomic E-state index is -1.11. The Morgan fingerprint density at radius 1 is 1.08 bits per heavy atom. The molecule has 0 aliphatic rings. The standard InChI is InChI=1S/C15H28N4O5S/c1-10(19-24)16-8-5-4-6-13(15(22)23)18-14(21)12(7-9-25-3)17-11(2)20/h12-13,24H,4-9H2,1-3H3,(H,16,19)(H,17,20)(H,18,21)(H,22,23). The van der Waals surface area contributed by atoms with Gasteiger partial charge in [-0.25, -0.2) is 4.79 Å². The van der Waals surface area contributed by atoms with Crippen LogP contribution in [0.25, 0.3) is 0 Å². The number of amides is 2. The summed E-state index contributed by atoms with van der Waals surface area (Å²) in [6, 6.07) is -1.76. The van der Waals surface area contributed by atoms with Crippen LogP contribution in [-0.2, 0) is 14.4 Å². The Hall–Kier alpha value is -1.81. The van der Waals surface area contributed by atoms with E-state index in [0.29, 0.717) is 37.4 Å². The number of rotatable bonds is 12. The summed E-state index contributed by atoms with van der Waals surface area (Å²) in [7, 11) is 0. The second-order valence-corrected chi connectivity index (χ2v) is 6.49. The van der Waals surface area contributed by atoms with Crippen LogP contribution in [0.5, 0.6) is 0 Å². The molecule has 0 aromatic carbocycles. The van der Waals surface area contributed by atoms with Crippen molar-refractivity contribution < 1.29 is 24.7 Å². The van der Waals surface area contributed by atoms with E-state index in [0.717, 1.165) is 0 Å². The highest BCUT2D eigenvalue weighted by atomic mass is 32.2. The zero-order chi connectivity index (χ0) is 19.2. The lowest BCUT2D eigenvalue weighted by Crippen LogP contribution is -2.51. The molecule has 144 valence electrons. The van der Waals surface area contributed by atoms with Gasteiger partial charge in [0.15, 0.2) is 0 Å². The van der Waals surface area contributed by atoms with Gasteiger partial charge in [-0.15, -0.1) is 0 Å². The Morgan fingerprint density at radius 2 is 1.76 bits per heavy atom. The number of hydroxylamine groups is 1. The molecule has 0 bridgehead atoms. The normalized spacial score (nSPS) is 13.7. The first-order chi connectivity index (χ1) is 11.8. The highest BCUT2D eigenvalue weighted by Crippen LogP contribution is 2.05. The number of hydrogen-bond acceptors (Lipinski definition) is 6. The summed E-state index contributed by atoms with van der Waals surface area (Å²) in [6.45, 7) is 3.37. The molecular weight excluding hydrogens is 348 g/mol. The van der Waals surface area contributed by atoms with Gasteiger partial charge >= 0.3 is 5.97 Å². The van der Waals surface area contributed by atoms with Crippen molar-refractivity contribution in [3.8, 4) is 0 Å². The van der Waals surface area contributed by atoms with E-state index in [1.807, 2.05) is 11.7 Å². The molecule has 0 aromatic rings. The molecule has 25 heavy (non-hydrogen) atoms. The SMILES string of the molecule is CSCCC(NC(C)=O)C(=O)NC(CCCCN=C(C)NO)C(=O)O. The third kappa shape index (κ3) is 11.4. The number of thioether (sulfide) groups is 1. The summed E-state index contributed by atoms with van der Waals surface area (Å²) in [5.41, 5.74) is 1.92. The van der Waals surface area contributed by atoms with Crippen molar-refractivity contribution in [2.75, 3.05) is 18.6 Å². The Balaban J connectivity index is 4.52. The number of carboxylic acid groups (broad SMARTS) is 1. The number of aliphatic imine (C=N–C) groups is 1.